The molecule has 1 aromatic heterocycles. The van der Waals surface area contributed by atoms with E-state index in [2.05, 4.69) is 25.9 Å². The van der Waals surface area contributed by atoms with Crippen LogP contribution in [0.1, 0.15) is 5.69 Å². The highest BCUT2D eigenvalue weighted by atomic mass is 79.9. The first-order valence-corrected chi connectivity index (χ1v) is 9.98. The van der Waals surface area contributed by atoms with Crippen molar-refractivity contribution in [2.24, 2.45) is 0 Å². The van der Waals surface area contributed by atoms with Crippen molar-refractivity contribution < 1.29 is 26.3 Å². The van der Waals surface area contributed by atoms with E-state index in [1.54, 1.807) is 6.07 Å². The van der Waals surface area contributed by atoms with Crippen molar-refractivity contribution >= 4 is 26.0 Å². The topological polar surface area (TPSA) is 73.2 Å². The van der Waals surface area contributed by atoms with Crippen LogP contribution in [0.4, 0.5) is 13.2 Å². The van der Waals surface area contributed by atoms with Crippen molar-refractivity contribution in [3.05, 3.63) is 66.1 Å². The lowest BCUT2D eigenvalue weighted by atomic mass is 10.1. The molecule has 3 rings (SSSR count). The monoisotopic (exact) mass is 475 g/mol. The largest absolute Gasteiger partial charge is 0.494 e. The van der Waals surface area contributed by atoms with E-state index in [1.165, 1.54) is 43.5 Å². The summed E-state index contributed by atoms with van der Waals surface area (Å²) in [7, 11) is -2.85. The Balaban J connectivity index is 2.10. The van der Waals surface area contributed by atoms with Crippen LogP contribution < -0.4 is 9.57 Å². The molecule has 0 unspecified atom stereocenters. The van der Waals surface area contributed by atoms with E-state index in [4.69, 9.17) is 4.74 Å². The SMILES string of the molecule is COc1ccc(-c2cc(C(F)(F)Br)nn2NS(=O)(=O)c2ccccc2)cc1F. The van der Waals surface area contributed by atoms with Crippen LogP contribution in [0, 0.1) is 5.82 Å². The molecule has 0 aliphatic rings. The summed E-state index contributed by atoms with van der Waals surface area (Å²) in [5.41, 5.74) is -0.728. The number of ether oxygens (including phenoxy) is 1. The molecular weight excluding hydrogens is 463 g/mol. The summed E-state index contributed by atoms with van der Waals surface area (Å²) in [6.45, 7) is 0. The molecule has 0 saturated heterocycles. The Kier molecular flexibility index (Phi) is 5.39. The molecule has 148 valence electrons. The molecule has 0 saturated carbocycles. The minimum absolute atomic E-state index is 0.0503. The lowest BCUT2D eigenvalue weighted by molar-refractivity contribution is 0.109. The summed E-state index contributed by atoms with van der Waals surface area (Å²) < 4.78 is 71.4. The molecule has 0 atom stereocenters. The molecule has 28 heavy (non-hydrogen) atoms. The number of alkyl halides is 3. The molecule has 6 nitrogen and oxygen atoms in total. The van der Waals surface area contributed by atoms with Crippen LogP contribution in [0.15, 0.2) is 59.5 Å². The van der Waals surface area contributed by atoms with E-state index >= 15 is 0 Å². The average molecular weight is 476 g/mol. The molecule has 0 aliphatic carbocycles. The molecular formula is C17H13BrF3N3O3S. The van der Waals surface area contributed by atoms with Crippen LogP contribution in [0.2, 0.25) is 0 Å². The van der Waals surface area contributed by atoms with E-state index in [0.29, 0.717) is 4.79 Å². The van der Waals surface area contributed by atoms with Crippen molar-refractivity contribution in [3.8, 4) is 17.0 Å². The zero-order valence-corrected chi connectivity index (χ0v) is 16.6. The van der Waals surface area contributed by atoms with Gasteiger partial charge in [-0.2, -0.15) is 26.8 Å². The number of nitrogens with one attached hydrogen (secondary N) is 1. The zero-order valence-electron chi connectivity index (χ0n) is 14.2. The molecule has 11 heteroatoms. The number of nitrogens with zero attached hydrogens (tertiary/aromatic N) is 2. The fourth-order valence-corrected chi connectivity index (χ4v) is 3.57. The van der Waals surface area contributed by atoms with Crippen LogP contribution in [-0.2, 0) is 14.9 Å². The first kappa shape index (κ1) is 20.2. The number of aromatic nitrogens is 2. The van der Waals surface area contributed by atoms with E-state index in [9.17, 15) is 21.6 Å². The van der Waals surface area contributed by atoms with Gasteiger partial charge in [0.05, 0.1) is 17.7 Å². The van der Waals surface area contributed by atoms with Crippen molar-refractivity contribution in [1.82, 2.24) is 9.89 Å². The van der Waals surface area contributed by atoms with Crippen LogP contribution in [0.25, 0.3) is 11.3 Å². The summed E-state index contributed by atoms with van der Waals surface area (Å²) in [6, 6.07) is 12.0. The number of methoxy groups -OCH3 is 1. The summed E-state index contributed by atoms with van der Waals surface area (Å²) in [5.74, 6) is -0.795. The Morgan fingerprint density at radius 1 is 1.14 bits per heavy atom. The quantitative estimate of drug-likeness (QED) is 0.545. The lowest BCUT2D eigenvalue weighted by Crippen LogP contribution is -2.25. The second-order valence-electron chi connectivity index (χ2n) is 5.58. The highest BCUT2D eigenvalue weighted by Gasteiger charge is 2.33. The molecule has 1 N–H and O–H groups in total. The van der Waals surface area contributed by atoms with Gasteiger partial charge in [-0.25, -0.2) is 4.39 Å². The molecule has 3 aromatic rings. The smallest absolute Gasteiger partial charge is 0.344 e. The van der Waals surface area contributed by atoms with E-state index in [-0.39, 0.29) is 21.9 Å². The van der Waals surface area contributed by atoms with Gasteiger partial charge in [-0.15, -0.1) is 5.10 Å². The summed E-state index contributed by atoms with van der Waals surface area (Å²) >= 11 is 2.19. The predicted octanol–water partition coefficient (Wildman–Crippen LogP) is 4.07. The van der Waals surface area contributed by atoms with E-state index in [0.717, 1.165) is 12.1 Å². The maximum atomic E-state index is 14.1. The zero-order chi connectivity index (χ0) is 20.5. The second-order valence-corrected chi connectivity index (χ2v) is 8.24. The van der Waals surface area contributed by atoms with Gasteiger partial charge in [-0.05, 0) is 52.3 Å². The summed E-state index contributed by atoms with van der Waals surface area (Å²) in [4.78, 5) is -0.838. The number of hydrogen-bond donors (Lipinski definition) is 1. The molecule has 0 radical (unpaired) electrons. The van der Waals surface area contributed by atoms with Gasteiger partial charge in [-0.1, -0.05) is 18.2 Å². The third-order valence-electron chi connectivity index (χ3n) is 3.71. The van der Waals surface area contributed by atoms with Gasteiger partial charge >= 0.3 is 4.83 Å². The number of rotatable bonds is 6. The Morgan fingerprint density at radius 2 is 1.82 bits per heavy atom. The average Bonchev–Trinajstić information content (AvgIpc) is 3.06. The first-order chi connectivity index (χ1) is 13.1. The van der Waals surface area contributed by atoms with Crippen molar-refractivity contribution in [2.45, 2.75) is 9.73 Å². The molecule has 0 bridgehead atoms. The second kappa shape index (κ2) is 7.47. The van der Waals surface area contributed by atoms with Crippen LogP contribution in [0.3, 0.4) is 0 Å². The normalized spacial score (nSPS) is 12.0. The number of hydrogen-bond acceptors (Lipinski definition) is 4. The Labute approximate surface area is 167 Å². The van der Waals surface area contributed by atoms with Crippen LogP contribution in [-0.4, -0.2) is 25.4 Å². The standard InChI is InChI=1S/C17H13BrF3N3O3S/c1-27-15-8-7-11(9-13(15)19)14-10-16(17(18,20)21)22-24(14)23-28(25,26)12-5-3-2-4-6-12/h2-10,23H,1H3. The summed E-state index contributed by atoms with van der Waals surface area (Å²) in [6.07, 6.45) is 0. The molecule has 0 amide bonds. The fourth-order valence-electron chi connectivity index (χ4n) is 2.39. The number of sulfonamides is 1. The van der Waals surface area contributed by atoms with Gasteiger partial charge in [0.1, 0.15) is 5.69 Å². The summed E-state index contributed by atoms with van der Waals surface area (Å²) in [5, 5.41) is 3.62. The third kappa shape index (κ3) is 4.14. The Morgan fingerprint density at radius 3 is 2.39 bits per heavy atom. The van der Waals surface area contributed by atoms with Gasteiger partial charge in [0, 0.05) is 5.56 Å². The Bertz CT molecular complexity index is 1100. The van der Waals surface area contributed by atoms with Crippen molar-refractivity contribution in [1.29, 1.82) is 0 Å². The van der Waals surface area contributed by atoms with Crippen molar-refractivity contribution in [3.63, 3.8) is 0 Å². The molecule has 0 aliphatic heterocycles. The van der Waals surface area contributed by atoms with E-state index < -0.39 is 26.4 Å². The number of halogens is 4. The minimum atomic E-state index is -4.13. The van der Waals surface area contributed by atoms with Gasteiger partial charge in [-0.3, -0.25) is 0 Å². The highest BCUT2D eigenvalue weighted by Crippen LogP contribution is 2.36. The maximum absolute atomic E-state index is 14.1. The van der Waals surface area contributed by atoms with Gasteiger partial charge in [0.25, 0.3) is 10.0 Å². The maximum Gasteiger partial charge on any atom is 0.344 e. The molecule has 0 fully saturated rings. The van der Waals surface area contributed by atoms with Crippen LogP contribution in [0.5, 0.6) is 5.75 Å². The first-order valence-electron chi connectivity index (χ1n) is 7.71. The lowest BCUT2D eigenvalue weighted by Gasteiger charge is -2.12. The highest BCUT2D eigenvalue weighted by molar-refractivity contribution is 9.09. The van der Waals surface area contributed by atoms with Crippen LogP contribution >= 0.6 is 15.9 Å². The predicted molar refractivity (Wildman–Crippen MR) is 100.0 cm³/mol. The van der Waals surface area contributed by atoms with Gasteiger partial charge in [0.15, 0.2) is 11.6 Å². The minimum Gasteiger partial charge on any atom is -0.494 e. The molecule has 1 heterocycles. The van der Waals surface area contributed by atoms with Crippen molar-refractivity contribution in [2.75, 3.05) is 11.9 Å². The van der Waals surface area contributed by atoms with Gasteiger partial charge < -0.3 is 4.74 Å². The molecule has 0 spiro atoms. The Hall–Kier alpha value is -2.53. The fraction of sp³-hybridized carbons (Fsp3) is 0.118. The number of benzene rings is 2. The molecule has 2 aromatic carbocycles. The van der Waals surface area contributed by atoms with E-state index in [1.807, 2.05) is 0 Å². The third-order valence-corrected chi connectivity index (χ3v) is 5.42. The van der Waals surface area contributed by atoms with Gasteiger partial charge in [0.2, 0.25) is 0 Å².